The smallest absolute Gasteiger partial charge is 0.256 e. The maximum Gasteiger partial charge on any atom is 0.256 e. The number of nitrogens with one attached hydrogen (secondary N) is 1. The zero-order valence-electron chi connectivity index (χ0n) is 13.7. The molecule has 0 fully saturated rings. The van der Waals surface area contributed by atoms with E-state index in [1.807, 2.05) is 45.0 Å². The molecule has 0 saturated heterocycles. The number of hydrogen-bond donors (Lipinski definition) is 1. The van der Waals surface area contributed by atoms with Gasteiger partial charge in [0.25, 0.3) is 5.91 Å². The molecule has 0 aromatic carbocycles. The number of carbonyl (C=O) groups excluding carboxylic acids is 1. The SMILES string of the molecule is Cc1noc(C(C)C)c1C(=O)NCC(c1ccco1)N(C)C. The molecule has 2 aromatic heterocycles. The summed E-state index contributed by atoms with van der Waals surface area (Å²) in [4.78, 5) is 14.5. The second-order valence-electron chi connectivity index (χ2n) is 5.87. The summed E-state index contributed by atoms with van der Waals surface area (Å²) < 4.78 is 10.7. The summed E-state index contributed by atoms with van der Waals surface area (Å²) in [7, 11) is 3.90. The normalized spacial score (nSPS) is 12.9. The first kappa shape index (κ1) is 16.3. The first-order valence-corrected chi connectivity index (χ1v) is 7.36. The first-order chi connectivity index (χ1) is 10.4. The fraction of sp³-hybridized carbons (Fsp3) is 0.500. The van der Waals surface area contributed by atoms with Crippen molar-refractivity contribution in [2.24, 2.45) is 0 Å². The lowest BCUT2D eigenvalue weighted by molar-refractivity contribution is 0.0936. The molecule has 0 saturated carbocycles. The lowest BCUT2D eigenvalue weighted by Gasteiger charge is -2.22. The number of aryl methyl sites for hydroxylation is 1. The molecule has 120 valence electrons. The minimum Gasteiger partial charge on any atom is -0.468 e. The highest BCUT2D eigenvalue weighted by Crippen LogP contribution is 2.23. The number of amides is 1. The van der Waals surface area contributed by atoms with Gasteiger partial charge in [-0.2, -0.15) is 0 Å². The molecule has 1 N–H and O–H groups in total. The Kier molecular flexibility index (Phi) is 5.03. The highest BCUT2D eigenvalue weighted by Gasteiger charge is 2.24. The van der Waals surface area contributed by atoms with Crippen molar-refractivity contribution in [1.29, 1.82) is 0 Å². The van der Waals surface area contributed by atoms with E-state index in [0.29, 0.717) is 23.6 Å². The first-order valence-electron chi connectivity index (χ1n) is 7.36. The van der Waals surface area contributed by atoms with Gasteiger partial charge in [-0.25, -0.2) is 0 Å². The second kappa shape index (κ2) is 6.79. The molecule has 22 heavy (non-hydrogen) atoms. The molecule has 0 aliphatic rings. The van der Waals surface area contributed by atoms with Crippen LogP contribution in [0.3, 0.4) is 0 Å². The number of furan rings is 1. The fourth-order valence-corrected chi connectivity index (χ4v) is 2.35. The van der Waals surface area contributed by atoms with Crippen LogP contribution < -0.4 is 5.32 Å². The van der Waals surface area contributed by atoms with Gasteiger partial charge in [-0.15, -0.1) is 0 Å². The fourth-order valence-electron chi connectivity index (χ4n) is 2.35. The maximum atomic E-state index is 12.5. The standard InChI is InChI=1S/C16H23N3O3/c1-10(2)15-14(11(3)18-22-15)16(20)17-9-12(19(4)5)13-7-6-8-21-13/h6-8,10,12H,9H2,1-5H3,(H,17,20). The van der Waals surface area contributed by atoms with Gasteiger partial charge in [-0.05, 0) is 33.2 Å². The van der Waals surface area contributed by atoms with Crippen molar-refractivity contribution < 1.29 is 13.7 Å². The molecule has 2 aromatic rings. The summed E-state index contributed by atoms with van der Waals surface area (Å²) in [5, 5.41) is 6.86. The van der Waals surface area contributed by atoms with Crippen molar-refractivity contribution in [3.8, 4) is 0 Å². The lowest BCUT2D eigenvalue weighted by Crippen LogP contribution is -2.34. The van der Waals surface area contributed by atoms with E-state index in [1.54, 1.807) is 13.2 Å². The van der Waals surface area contributed by atoms with E-state index in [4.69, 9.17) is 8.94 Å². The number of aromatic nitrogens is 1. The second-order valence-corrected chi connectivity index (χ2v) is 5.87. The molecule has 6 heteroatoms. The number of likely N-dealkylation sites (N-methyl/N-ethyl adjacent to an activating group) is 1. The van der Waals surface area contributed by atoms with Crippen LogP contribution >= 0.6 is 0 Å². The van der Waals surface area contributed by atoms with Crippen LogP contribution in [-0.2, 0) is 0 Å². The summed E-state index contributed by atoms with van der Waals surface area (Å²) >= 11 is 0. The van der Waals surface area contributed by atoms with Crippen LogP contribution in [0.4, 0.5) is 0 Å². The summed E-state index contributed by atoms with van der Waals surface area (Å²) in [5.41, 5.74) is 1.15. The molecule has 1 unspecified atom stereocenters. The third-order valence-corrected chi connectivity index (χ3v) is 3.59. The highest BCUT2D eigenvalue weighted by molar-refractivity contribution is 5.96. The molecular weight excluding hydrogens is 282 g/mol. The van der Waals surface area contributed by atoms with Crippen molar-refractivity contribution in [3.63, 3.8) is 0 Å². The number of hydrogen-bond acceptors (Lipinski definition) is 5. The van der Waals surface area contributed by atoms with Gasteiger partial charge in [0.2, 0.25) is 0 Å². The summed E-state index contributed by atoms with van der Waals surface area (Å²) in [6.45, 7) is 6.17. The maximum absolute atomic E-state index is 12.5. The topological polar surface area (TPSA) is 71.5 Å². The Morgan fingerprint density at radius 2 is 2.14 bits per heavy atom. The predicted molar refractivity (Wildman–Crippen MR) is 82.8 cm³/mol. The molecule has 0 spiro atoms. The van der Waals surface area contributed by atoms with Crippen molar-refractivity contribution in [2.75, 3.05) is 20.6 Å². The molecule has 0 aliphatic heterocycles. The van der Waals surface area contributed by atoms with Gasteiger partial charge < -0.3 is 14.3 Å². The number of carbonyl (C=O) groups is 1. The Bertz CT molecular complexity index is 615. The van der Waals surface area contributed by atoms with E-state index < -0.39 is 0 Å². The Labute approximate surface area is 130 Å². The lowest BCUT2D eigenvalue weighted by atomic mass is 10.0. The van der Waals surface area contributed by atoms with Crippen LogP contribution in [0.5, 0.6) is 0 Å². The zero-order chi connectivity index (χ0) is 16.3. The largest absolute Gasteiger partial charge is 0.468 e. The van der Waals surface area contributed by atoms with E-state index >= 15 is 0 Å². The van der Waals surface area contributed by atoms with Crippen molar-refractivity contribution in [1.82, 2.24) is 15.4 Å². The summed E-state index contributed by atoms with van der Waals surface area (Å²) in [6.07, 6.45) is 1.63. The summed E-state index contributed by atoms with van der Waals surface area (Å²) in [5.74, 6) is 1.38. The molecule has 0 aliphatic carbocycles. The number of rotatable bonds is 6. The minimum atomic E-state index is -0.166. The molecule has 0 radical (unpaired) electrons. The van der Waals surface area contributed by atoms with E-state index in [9.17, 15) is 4.79 Å². The molecule has 0 bridgehead atoms. The Hall–Kier alpha value is -2.08. The van der Waals surface area contributed by atoms with Crippen LogP contribution in [-0.4, -0.2) is 36.6 Å². The van der Waals surface area contributed by atoms with Gasteiger partial charge in [0.15, 0.2) is 5.76 Å². The zero-order valence-corrected chi connectivity index (χ0v) is 13.7. The Morgan fingerprint density at radius 3 is 2.68 bits per heavy atom. The van der Waals surface area contributed by atoms with Crippen molar-refractivity contribution in [2.45, 2.75) is 32.7 Å². The average Bonchev–Trinajstić information content (AvgIpc) is 3.07. The van der Waals surface area contributed by atoms with Gasteiger partial charge in [0.05, 0.1) is 18.0 Å². The van der Waals surface area contributed by atoms with Gasteiger partial charge in [0.1, 0.15) is 11.3 Å². The Morgan fingerprint density at radius 1 is 1.41 bits per heavy atom. The average molecular weight is 305 g/mol. The van der Waals surface area contributed by atoms with Crippen molar-refractivity contribution >= 4 is 5.91 Å². The van der Waals surface area contributed by atoms with E-state index in [0.717, 1.165) is 5.76 Å². The third kappa shape index (κ3) is 3.39. The Balaban J connectivity index is 2.11. The molecule has 1 amide bonds. The monoisotopic (exact) mass is 305 g/mol. The third-order valence-electron chi connectivity index (χ3n) is 3.59. The molecular formula is C16H23N3O3. The van der Waals surface area contributed by atoms with Crippen LogP contribution in [0.1, 0.15) is 53.4 Å². The van der Waals surface area contributed by atoms with E-state index in [2.05, 4.69) is 10.5 Å². The van der Waals surface area contributed by atoms with Crippen LogP contribution in [0, 0.1) is 6.92 Å². The molecule has 6 nitrogen and oxygen atoms in total. The van der Waals surface area contributed by atoms with Gasteiger partial charge in [-0.3, -0.25) is 9.69 Å². The van der Waals surface area contributed by atoms with Gasteiger partial charge in [0, 0.05) is 12.5 Å². The molecule has 1 atom stereocenters. The minimum absolute atomic E-state index is 0.0263. The van der Waals surface area contributed by atoms with Gasteiger partial charge in [-0.1, -0.05) is 19.0 Å². The quantitative estimate of drug-likeness (QED) is 0.888. The highest BCUT2D eigenvalue weighted by atomic mass is 16.5. The van der Waals surface area contributed by atoms with Crippen LogP contribution in [0.15, 0.2) is 27.3 Å². The summed E-state index contributed by atoms with van der Waals surface area (Å²) in [6, 6.07) is 3.72. The van der Waals surface area contributed by atoms with Crippen molar-refractivity contribution in [3.05, 3.63) is 41.2 Å². The molecule has 2 rings (SSSR count). The van der Waals surface area contributed by atoms with E-state index in [-0.39, 0.29) is 17.9 Å². The van der Waals surface area contributed by atoms with Crippen LogP contribution in [0.25, 0.3) is 0 Å². The molecule has 2 heterocycles. The predicted octanol–water partition coefficient (Wildman–Crippen LogP) is 2.73. The van der Waals surface area contributed by atoms with E-state index in [1.165, 1.54) is 0 Å². The van der Waals surface area contributed by atoms with Gasteiger partial charge >= 0.3 is 0 Å². The van der Waals surface area contributed by atoms with Crippen LogP contribution in [0.2, 0.25) is 0 Å². The number of nitrogens with zero attached hydrogens (tertiary/aromatic N) is 2.